The molecular formula is C10H16. The van der Waals surface area contributed by atoms with Crippen molar-refractivity contribution < 1.29 is 0 Å². The molecule has 0 N–H and O–H groups in total. The summed E-state index contributed by atoms with van der Waals surface area (Å²) in [5.41, 5.74) is 0.617. The van der Waals surface area contributed by atoms with Crippen LogP contribution >= 0.6 is 0 Å². The molecule has 0 aromatic rings. The molecule has 0 aromatic heterocycles. The minimum Gasteiger partial charge on any atom is -0.0849 e. The van der Waals surface area contributed by atoms with Gasteiger partial charge in [-0.2, -0.15) is 0 Å². The molecule has 0 aliphatic heterocycles. The Kier molecular flexibility index (Phi) is 1.07. The van der Waals surface area contributed by atoms with E-state index in [1.807, 2.05) is 0 Å². The second-order valence-electron chi connectivity index (χ2n) is 4.39. The fourth-order valence-corrected chi connectivity index (χ4v) is 2.31. The van der Waals surface area contributed by atoms with Gasteiger partial charge in [-0.3, -0.25) is 0 Å². The smallest absolute Gasteiger partial charge is 0.0112 e. The van der Waals surface area contributed by atoms with Gasteiger partial charge in [0, 0.05) is 0 Å². The minimum atomic E-state index is 0.617. The first-order valence-corrected chi connectivity index (χ1v) is 4.33. The molecule has 0 aromatic carbocycles. The first kappa shape index (κ1) is 6.45. The fraction of sp³-hybridized carbons (Fsp3) is 0.800. The zero-order valence-corrected chi connectivity index (χ0v) is 7.09. The summed E-state index contributed by atoms with van der Waals surface area (Å²) in [6, 6.07) is 0. The molecule has 4 unspecified atom stereocenters. The number of fused-ring (bicyclic) bond motifs is 1. The highest BCUT2D eigenvalue weighted by molar-refractivity contribution is 5.19. The molecule has 2 rings (SSSR count). The van der Waals surface area contributed by atoms with E-state index in [4.69, 9.17) is 0 Å². The highest BCUT2D eigenvalue weighted by atomic mass is 14.6. The zero-order chi connectivity index (χ0) is 7.35. The highest BCUT2D eigenvalue weighted by Crippen LogP contribution is 2.61. The van der Waals surface area contributed by atoms with Crippen molar-refractivity contribution in [2.75, 3.05) is 0 Å². The molecule has 0 radical (unpaired) electrons. The molecule has 0 heterocycles. The lowest BCUT2D eigenvalue weighted by Gasteiger charge is -2.23. The number of hydrogen-bond acceptors (Lipinski definition) is 0. The van der Waals surface area contributed by atoms with E-state index in [0.717, 1.165) is 17.8 Å². The summed E-state index contributed by atoms with van der Waals surface area (Å²) >= 11 is 0. The van der Waals surface area contributed by atoms with Gasteiger partial charge in [0.2, 0.25) is 0 Å². The third-order valence-electron chi connectivity index (χ3n) is 3.59. The quantitative estimate of drug-likeness (QED) is 0.449. The summed E-state index contributed by atoms with van der Waals surface area (Å²) in [5.74, 6) is 2.75. The Bertz CT molecular complexity index is 180. The summed E-state index contributed by atoms with van der Waals surface area (Å²) in [7, 11) is 0. The maximum absolute atomic E-state index is 2.43. The molecule has 10 heavy (non-hydrogen) atoms. The number of hydrogen-bond donors (Lipinski definition) is 0. The monoisotopic (exact) mass is 136 g/mol. The molecular weight excluding hydrogens is 120 g/mol. The first-order valence-electron chi connectivity index (χ1n) is 4.33. The number of rotatable bonds is 0. The van der Waals surface area contributed by atoms with Crippen molar-refractivity contribution in [3.63, 3.8) is 0 Å². The normalized spacial score (nSPS) is 58.1. The predicted octanol–water partition coefficient (Wildman–Crippen LogP) is 2.85. The lowest BCUT2D eigenvalue weighted by atomic mass is 9.82. The third kappa shape index (κ3) is 0.680. The Morgan fingerprint density at radius 1 is 1.40 bits per heavy atom. The number of allylic oxidation sites excluding steroid dienone is 2. The molecule has 0 spiro atoms. The molecule has 0 bridgehead atoms. The van der Waals surface area contributed by atoms with Crippen molar-refractivity contribution in [1.29, 1.82) is 0 Å². The van der Waals surface area contributed by atoms with Gasteiger partial charge >= 0.3 is 0 Å². The second-order valence-corrected chi connectivity index (χ2v) is 4.39. The third-order valence-corrected chi connectivity index (χ3v) is 3.59. The minimum absolute atomic E-state index is 0.617. The van der Waals surface area contributed by atoms with Crippen LogP contribution in [0.1, 0.15) is 27.2 Å². The molecule has 2 aliphatic carbocycles. The summed E-state index contributed by atoms with van der Waals surface area (Å²) < 4.78 is 0. The van der Waals surface area contributed by atoms with Crippen molar-refractivity contribution in [2.24, 2.45) is 23.2 Å². The van der Waals surface area contributed by atoms with Crippen LogP contribution < -0.4 is 0 Å². The molecule has 0 saturated heterocycles. The van der Waals surface area contributed by atoms with E-state index in [2.05, 4.69) is 32.9 Å². The molecule has 0 heteroatoms. The SMILES string of the molecule is CC1C=CC2(C)CC2C1C. The van der Waals surface area contributed by atoms with Crippen LogP contribution in [0.4, 0.5) is 0 Å². The van der Waals surface area contributed by atoms with Crippen LogP contribution in [-0.4, -0.2) is 0 Å². The Labute approximate surface area is 63.3 Å². The molecule has 1 fully saturated rings. The van der Waals surface area contributed by atoms with E-state index in [0.29, 0.717) is 5.41 Å². The Morgan fingerprint density at radius 3 is 2.70 bits per heavy atom. The van der Waals surface area contributed by atoms with Crippen molar-refractivity contribution in [3.05, 3.63) is 12.2 Å². The lowest BCUT2D eigenvalue weighted by molar-refractivity contribution is 0.347. The van der Waals surface area contributed by atoms with Gasteiger partial charge < -0.3 is 0 Å². The van der Waals surface area contributed by atoms with Crippen molar-refractivity contribution in [1.82, 2.24) is 0 Å². The van der Waals surface area contributed by atoms with E-state index in [-0.39, 0.29) is 0 Å². The molecule has 0 amide bonds. The summed E-state index contributed by atoms with van der Waals surface area (Å²) in [4.78, 5) is 0. The standard InChI is InChI=1S/C10H16/c1-7-4-5-10(3)6-9(10)8(7)2/h4-5,7-9H,6H2,1-3H3. The van der Waals surface area contributed by atoms with E-state index >= 15 is 0 Å². The lowest BCUT2D eigenvalue weighted by Crippen LogP contribution is -2.15. The average Bonchev–Trinajstić information content (AvgIpc) is 2.56. The molecule has 0 nitrogen and oxygen atoms in total. The average molecular weight is 136 g/mol. The van der Waals surface area contributed by atoms with Gasteiger partial charge in [-0.05, 0) is 29.6 Å². The van der Waals surface area contributed by atoms with Gasteiger partial charge in [0.05, 0.1) is 0 Å². The Morgan fingerprint density at radius 2 is 2.10 bits per heavy atom. The van der Waals surface area contributed by atoms with Crippen LogP contribution in [-0.2, 0) is 0 Å². The second kappa shape index (κ2) is 1.66. The maximum Gasteiger partial charge on any atom is -0.0112 e. The summed E-state index contributed by atoms with van der Waals surface area (Å²) in [6.07, 6.45) is 6.27. The van der Waals surface area contributed by atoms with Crippen LogP contribution in [0.15, 0.2) is 12.2 Å². The maximum atomic E-state index is 2.43. The van der Waals surface area contributed by atoms with Gasteiger partial charge in [0.25, 0.3) is 0 Å². The van der Waals surface area contributed by atoms with Crippen LogP contribution in [0.5, 0.6) is 0 Å². The van der Waals surface area contributed by atoms with Crippen LogP contribution in [0.25, 0.3) is 0 Å². The summed E-state index contributed by atoms with van der Waals surface area (Å²) in [5, 5.41) is 0. The van der Waals surface area contributed by atoms with Crippen LogP contribution in [0, 0.1) is 23.2 Å². The van der Waals surface area contributed by atoms with Crippen LogP contribution in [0.2, 0.25) is 0 Å². The van der Waals surface area contributed by atoms with E-state index in [1.54, 1.807) is 0 Å². The van der Waals surface area contributed by atoms with Gasteiger partial charge in [0.1, 0.15) is 0 Å². The topological polar surface area (TPSA) is 0 Å². The molecule has 56 valence electrons. The zero-order valence-electron chi connectivity index (χ0n) is 7.09. The van der Waals surface area contributed by atoms with Gasteiger partial charge in [-0.15, -0.1) is 0 Å². The van der Waals surface area contributed by atoms with Gasteiger partial charge in [-0.1, -0.05) is 32.9 Å². The van der Waals surface area contributed by atoms with Crippen molar-refractivity contribution in [2.45, 2.75) is 27.2 Å². The van der Waals surface area contributed by atoms with Gasteiger partial charge in [-0.25, -0.2) is 0 Å². The molecule has 4 atom stereocenters. The van der Waals surface area contributed by atoms with E-state index in [9.17, 15) is 0 Å². The molecule has 1 saturated carbocycles. The van der Waals surface area contributed by atoms with E-state index < -0.39 is 0 Å². The predicted molar refractivity (Wildman–Crippen MR) is 43.7 cm³/mol. The highest BCUT2D eigenvalue weighted by Gasteiger charge is 2.53. The van der Waals surface area contributed by atoms with E-state index in [1.165, 1.54) is 6.42 Å². The van der Waals surface area contributed by atoms with Gasteiger partial charge in [0.15, 0.2) is 0 Å². The van der Waals surface area contributed by atoms with Crippen molar-refractivity contribution in [3.8, 4) is 0 Å². The largest absolute Gasteiger partial charge is 0.0849 e. The van der Waals surface area contributed by atoms with Crippen LogP contribution in [0.3, 0.4) is 0 Å². The Balaban J connectivity index is 2.23. The first-order chi connectivity index (χ1) is 4.63. The molecule has 2 aliphatic rings. The fourth-order valence-electron chi connectivity index (χ4n) is 2.31. The van der Waals surface area contributed by atoms with Crippen molar-refractivity contribution >= 4 is 0 Å². The Hall–Kier alpha value is -0.260. The summed E-state index contributed by atoms with van der Waals surface area (Å²) in [6.45, 7) is 7.11.